The predicted molar refractivity (Wildman–Crippen MR) is 124 cm³/mol. The van der Waals surface area contributed by atoms with Gasteiger partial charge in [0.15, 0.2) is 9.84 Å². The summed E-state index contributed by atoms with van der Waals surface area (Å²) in [4.78, 5) is 17.1. The lowest BCUT2D eigenvalue weighted by atomic mass is 9.98. The number of sulfone groups is 1. The van der Waals surface area contributed by atoms with Crippen LogP contribution in [-0.2, 0) is 33.5 Å². The maximum atomic E-state index is 12.6. The molecule has 8 heteroatoms. The number of carbonyl (C=O) groups is 1. The quantitative estimate of drug-likeness (QED) is 0.560. The third-order valence-electron chi connectivity index (χ3n) is 5.69. The van der Waals surface area contributed by atoms with Crippen LogP contribution in [0.2, 0.25) is 0 Å². The summed E-state index contributed by atoms with van der Waals surface area (Å²) in [7, 11) is -3.28. The maximum absolute atomic E-state index is 12.6. The van der Waals surface area contributed by atoms with E-state index in [0.29, 0.717) is 24.0 Å². The number of amides is 1. The molecule has 1 aromatic heterocycles. The minimum atomic E-state index is -3.28. The Kier molecular flexibility index (Phi) is 6.79. The standard InChI is InChI=1S/C24H29N3O4S/c1-32(29,30)17-23-26-21-9-5-6-10-22(21)27(23)16-24(28)25-15-18-11-13-20(14-12-18)31-19-7-3-2-4-8-19/h5-6,9-14,19H,2-4,7-8,15-17H2,1H3,(H,25,28). The van der Waals surface area contributed by atoms with Crippen LogP contribution in [-0.4, -0.2) is 36.2 Å². The molecule has 1 aliphatic carbocycles. The van der Waals surface area contributed by atoms with Crippen molar-refractivity contribution in [2.24, 2.45) is 0 Å². The average Bonchev–Trinajstić information content (AvgIpc) is 3.09. The van der Waals surface area contributed by atoms with Crippen LogP contribution < -0.4 is 10.1 Å². The van der Waals surface area contributed by atoms with Crippen LogP contribution in [0.1, 0.15) is 43.5 Å². The Labute approximate surface area is 188 Å². The van der Waals surface area contributed by atoms with Crippen molar-refractivity contribution in [2.75, 3.05) is 6.26 Å². The summed E-state index contributed by atoms with van der Waals surface area (Å²) in [6.07, 6.45) is 7.45. The molecule has 1 heterocycles. The number of fused-ring (bicyclic) bond motifs is 1. The Balaban J connectivity index is 1.38. The second kappa shape index (κ2) is 9.73. The third-order valence-corrected chi connectivity index (χ3v) is 6.48. The van der Waals surface area contributed by atoms with E-state index in [0.717, 1.165) is 29.7 Å². The van der Waals surface area contributed by atoms with Gasteiger partial charge >= 0.3 is 0 Å². The smallest absolute Gasteiger partial charge is 0.240 e. The minimum Gasteiger partial charge on any atom is -0.490 e. The van der Waals surface area contributed by atoms with Gasteiger partial charge < -0.3 is 14.6 Å². The van der Waals surface area contributed by atoms with Crippen molar-refractivity contribution in [3.05, 3.63) is 59.9 Å². The number of hydrogen-bond acceptors (Lipinski definition) is 5. The number of aromatic nitrogens is 2. The largest absolute Gasteiger partial charge is 0.490 e. The summed E-state index contributed by atoms with van der Waals surface area (Å²) in [5.41, 5.74) is 2.39. The molecule has 1 aliphatic rings. The fraction of sp³-hybridized carbons (Fsp3) is 0.417. The zero-order valence-electron chi connectivity index (χ0n) is 18.3. The molecule has 0 saturated heterocycles. The van der Waals surface area contributed by atoms with Crippen LogP contribution in [0, 0.1) is 0 Å². The zero-order valence-corrected chi connectivity index (χ0v) is 19.1. The van der Waals surface area contributed by atoms with E-state index in [9.17, 15) is 13.2 Å². The average molecular weight is 456 g/mol. The number of ether oxygens (including phenoxy) is 1. The van der Waals surface area contributed by atoms with Gasteiger partial charge in [-0.15, -0.1) is 0 Å². The summed E-state index contributed by atoms with van der Waals surface area (Å²) in [5, 5.41) is 2.92. The molecular formula is C24H29N3O4S. The topological polar surface area (TPSA) is 90.3 Å². The molecule has 0 radical (unpaired) electrons. The lowest BCUT2D eigenvalue weighted by Gasteiger charge is -2.23. The lowest BCUT2D eigenvalue weighted by Crippen LogP contribution is -2.28. The van der Waals surface area contributed by atoms with E-state index in [1.807, 2.05) is 48.5 Å². The summed E-state index contributed by atoms with van der Waals surface area (Å²) >= 11 is 0. The van der Waals surface area contributed by atoms with Crippen LogP contribution in [0.25, 0.3) is 11.0 Å². The van der Waals surface area contributed by atoms with Gasteiger partial charge in [-0.25, -0.2) is 13.4 Å². The monoisotopic (exact) mass is 455 g/mol. The molecular weight excluding hydrogens is 426 g/mol. The first-order valence-electron chi connectivity index (χ1n) is 11.0. The second-order valence-corrected chi connectivity index (χ2v) is 10.6. The van der Waals surface area contributed by atoms with Gasteiger partial charge in [0.25, 0.3) is 0 Å². The van der Waals surface area contributed by atoms with Crippen molar-refractivity contribution >= 4 is 26.8 Å². The highest BCUT2D eigenvalue weighted by Gasteiger charge is 2.17. The molecule has 3 aromatic rings. The molecule has 2 aromatic carbocycles. The fourth-order valence-corrected chi connectivity index (χ4v) is 4.80. The number of nitrogens with one attached hydrogen (secondary N) is 1. The SMILES string of the molecule is CS(=O)(=O)Cc1nc2ccccc2n1CC(=O)NCc1ccc(OC2CCCCC2)cc1. The molecule has 0 unspecified atom stereocenters. The molecule has 4 rings (SSSR count). The van der Waals surface area contributed by atoms with E-state index in [1.54, 1.807) is 4.57 Å². The Morgan fingerprint density at radius 2 is 1.81 bits per heavy atom. The number of nitrogens with zero attached hydrogens (tertiary/aromatic N) is 2. The molecule has 0 aliphatic heterocycles. The number of para-hydroxylation sites is 2. The molecule has 7 nitrogen and oxygen atoms in total. The fourth-order valence-electron chi connectivity index (χ4n) is 4.11. The first-order valence-corrected chi connectivity index (χ1v) is 13.1. The van der Waals surface area contributed by atoms with Gasteiger partial charge in [0.1, 0.15) is 23.9 Å². The Hall–Kier alpha value is -2.87. The van der Waals surface area contributed by atoms with E-state index in [4.69, 9.17) is 4.74 Å². The van der Waals surface area contributed by atoms with Gasteiger partial charge in [-0.05, 0) is 55.5 Å². The minimum absolute atomic E-state index is 0.00818. The molecule has 1 N–H and O–H groups in total. The van der Waals surface area contributed by atoms with Gasteiger partial charge in [0.2, 0.25) is 5.91 Å². The lowest BCUT2D eigenvalue weighted by molar-refractivity contribution is -0.121. The number of imidazole rings is 1. The van der Waals surface area contributed by atoms with Gasteiger partial charge in [0, 0.05) is 12.8 Å². The van der Waals surface area contributed by atoms with Crippen molar-refractivity contribution in [1.82, 2.24) is 14.9 Å². The van der Waals surface area contributed by atoms with Crippen LogP contribution in [0.3, 0.4) is 0 Å². The predicted octanol–water partition coefficient (Wildman–Crippen LogP) is 3.61. The van der Waals surface area contributed by atoms with Crippen molar-refractivity contribution in [1.29, 1.82) is 0 Å². The van der Waals surface area contributed by atoms with Gasteiger partial charge in [-0.1, -0.05) is 30.7 Å². The second-order valence-electron chi connectivity index (χ2n) is 8.47. The van der Waals surface area contributed by atoms with Gasteiger partial charge in [-0.3, -0.25) is 4.79 Å². The molecule has 1 fully saturated rings. The van der Waals surface area contributed by atoms with E-state index >= 15 is 0 Å². The normalized spacial score (nSPS) is 15.0. The van der Waals surface area contributed by atoms with Crippen LogP contribution in [0.5, 0.6) is 5.75 Å². The van der Waals surface area contributed by atoms with Crippen molar-refractivity contribution < 1.29 is 17.9 Å². The highest BCUT2D eigenvalue weighted by Crippen LogP contribution is 2.23. The maximum Gasteiger partial charge on any atom is 0.240 e. The van der Waals surface area contributed by atoms with Crippen molar-refractivity contribution in [3.8, 4) is 5.75 Å². The molecule has 0 atom stereocenters. The first kappa shape index (κ1) is 22.3. The number of carbonyl (C=O) groups excluding carboxylic acids is 1. The van der Waals surface area contributed by atoms with E-state index in [-0.39, 0.29) is 18.2 Å². The van der Waals surface area contributed by atoms with Crippen molar-refractivity contribution in [3.63, 3.8) is 0 Å². The van der Waals surface area contributed by atoms with E-state index in [1.165, 1.54) is 25.5 Å². The summed E-state index contributed by atoms with van der Waals surface area (Å²) < 4.78 is 31.4. The molecule has 0 bridgehead atoms. The number of rotatable bonds is 8. The molecule has 170 valence electrons. The molecule has 0 spiro atoms. The molecule has 1 saturated carbocycles. The Morgan fingerprint density at radius 1 is 1.09 bits per heavy atom. The summed E-state index contributed by atoms with van der Waals surface area (Å²) in [6.45, 7) is 0.394. The third kappa shape index (κ3) is 5.88. The van der Waals surface area contributed by atoms with Crippen LogP contribution in [0.4, 0.5) is 0 Å². The van der Waals surface area contributed by atoms with Gasteiger partial charge in [0.05, 0.1) is 17.1 Å². The van der Waals surface area contributed by atoms with Crippen LogP contribution >= 0.6 is 0 Å². The first-order chi connectivity index (χ1) is 15.4. The number of hydrogen-bond donors (Lipinski definition) is 1. The zero-order chi connectivity index (χ0) is 22.6. The van der Waals surface area contributed by atoms with Crippen LogP contribution in [0.15, 0.2) is 48.5 Å². The van der Waals surface area contributed by atoms with Crippen molar-refractivity contribution in [2.45, 2.75) is 57.1 Å². The summed E-state index contributed by atoms with van der Waals surface area (Å²) in [6, 6.07) is 15.2. The van der Waals surface area contributed by atoms with E-state index < -0.39 is 9.84 Å². The van der Waals surface area contributed by atoms with Gasteiger partial charge in [-0.2, -0.15) is 0 Å². The van der Waals surface area contributed by atoms with E-state index in [2.05, 4.69) is 10.3 Å². The Bertz CT molecular complexity index is 1180. The molecule has 1 amide bonds. The Morgan fingerprint density at radius 3 is 2.53 bits per heavy atom. The number of benzene rings is 2. The summed E-state index contributed by atoms with van der Waals surface area (Å²) in [5.74, 6) is 0.818. The highest BCUT2D eigenvalue weighted by atomic mass is 32.2. The molecule has 32 heavy (non-hydrogen) atoms. The highest BCUT2D eigenvalue weighted by molar-refractivity contribution is 7.89.